The number of benzene rings is 1. The summed E-state index contributed by atoms with van der Waals surface area (Å²) < 4.78 is 28.4. The lowest BCUT2D eigenvalue weighted by molar-refractivity contribution is -0.132. The summed E-state index contributed by atoms with van der Waals surface area (Å²) in [6, 6.07) is 5.27. The summed E-state index contributed by atoms with van der Waals surface area (Å²) in [7, 11) is 0. The quantitative estimate of drug-likeness (QED) is 0.939. The van der Waals surface area contributed by atoms with Gasteiger partial charge in [-0.3, -0.25) is 4.79 Å². The predicted molar refractivity (Wildman–Crippen MR) is 73.8 cm³/mol. The van der Waals surface area contributed by atoms with Gasteiger partial charge in [0.25, 0.3) is 5.91 Å². The minimum atomic E-state index is -2.45. The molecule has 0 aliphatic carbocycles. The maximum Gasteiger partial charge on any atom is 0.262 e. The third-order valence-electron chi connectivity index (χ3n) is 2.76. The number of nitrogens with zero attached hydrogens (tertiary/aromatic N) is 1. The van der Waals surface area contributed by atoms with Gasteiger partial charge in [-0.05, 0) is 13.0 Å². The van der Waals surface area contributed by atoms with Crippen LogP contribution in [0.5, 0.6) is 0 Å². The lowest BCUT2D eigenvalue weighted by atomic mass is 9.96. The lowest BCUT2D eigenvalue weighted by Crippen LogP contribution is -2.39. The summed E-state index contributed by atoms with van der Waals surface area (Å²) in [5.41, 5.74) is -2.22. The summed E-state index contributed by atoms with van der Waals surface area (Å²) in [5, 5.41) is 4.04. The SMILES string of the molecule is CC(F)(C(=O)NCc1csc(Cl)n1)c1ccccc1F. The summed E-state index contributed by atoms with van der Waals surface area (Å²) >= 11 is 6.87. The average Bonchev–Trinajstić information content (AvgIpc) is 2.82. The van der Waals surface area contributed by atoms with Gasteiger partial charge < -0.3 is 5.32 Å². The minimum absolute atomic E-state index is 0.0377. The van der Waals surface area contributed by atoms with Gasteiger partial charge in [0.15, 0.2) is 4.47 Å². The molecule has 1 N–H and O–H groups in total. The van der Waals surface area contributed by atoms with Crippen molar-refractivity contribution in [3.05, 3.63) is 51.2 Å². The molecule has 1 atom stereocenters. The molecule has 2 aromatic rings. The Morgan fingerprint density at radius 3 is 2.80 bits per heavy atom. The molecule has 1 heterocycles. The number of halogens is 3. The van der Waals surface area contributed by atoms with E-state index in [1.807, 2.05) is 0 Å². The average molecular weight is 317 g/mol. The fourth-order valence-electron chi connectivity index (χ4n) is 1.66. The monoisotopic (exact) mass is 316 g/mol. The number of aromatic nitrogens is 1. The molecule has 2 rings (SSSR count). The largest absolute Gasteiger partial charge is 0.347 e. The number of alkyl halides is 1. The molecule has 0 aliphatic rings. The molecule has 1 aromatic carbocycles. The van der Waals surface area contributed by atoms with Crippen LogP contribution < -0.4 is 5.32 Å². The van der Waals surface area contributed by atoms with E-state index in [4.69, 9.17) is 11.6 Å². The molecule has 7 heteroatoms. The molecule has 0 saturated carbocycles. The van der Waals surface area contributed by atoms with Crippen LogP contribution in [0.3, 0.4) is 0 Å². The lowest BCUT2D eigenvalue weighted by Gasteiger charge is -2.20. The number of hydrogen-bond donors (Lipinski definition) is 1. The first-order valence-electron chi connectivity index (χ1n) is 5.73. The van der Waals surface area contributed by atoms with Gasteiger partial charge in [0.1, 0.15) is 5.82 Å². The van der Waals surface area contributed by atoms with Crippen LogP contribution in [0, 0.1) is 5.82 Å². The molecule has 0 fully saturated rings. The smallest absolute Gasteiger partial charge is 0.262 e. The zero-order valence-electron chi connectivity index (χ0n) is 10.5. The summed E-state index contributed by atoms with van der Waals surface area (Å²) in [6.45, 7) is 1.06. The fourth-order valence-corrected chi connectivity index (χ4v) is 2.45. The molecule has 3 nitrogen and oxygen atoms in total. The van der Waals surface area contributed by atoms with E-state index >= 15 is 0 Å². The first-order chi connectivity index (χ1) is 9.41. The van der Waals surface area contributed by atoms with Crippen LogP contribution >= 0.6 is 22.9 Å². The Labute approximate surface area is 123 Å². The van der Waals surface area contributed by atoms with Gasteiger partial charge in [-0.2, -0.15) is 0 Å². The minimum Gasteiger partial charge on any atom is -0.347 e. The van der Waals surface area contributed by atoms with Crippen molar-refractivity contribution in [1.82, 2.24) is 10.3 Å². The highest BCUT2D eigenvalue weighted by molar-refractivity contribution is 7.13. The fraction of sp³-hybridized carbons (Fsp3) is 0.231. The van der Waals surface area contributed by atoms with Gasteiger partial charge in [0, 0.05) is 10.9 Å². The summed E-state index contributed by atoms with van der Waals surface area (Å²) in [4.78, 5) is 15.8. The Bertz CT molecular complexity index is 630. The van der Waals surface area contributed by atoms with Crippen LogP contribution in [0.4, 0.5) is 8.78 Å². The number of thiazole rings is 1. The normalized spacial score (nSPS) is 13.8. The Morgan fingerprint density at radius 1 is 1.50 bits per heavy atom. The highest BCUT2D eigenvalue weighted by Gasteiger charge is 2.37. The van der Waals surface area contributed by atoms with E-state index in [0.29, 0.717) is 10.2 Å². The van der Waals surface area contributed by atoms with Crippen molar-refractivity contribution < 1.29 is 13.6 Å². The van der Waals surface area contributed by atoms with Gasteiger partial charge in [0.2, 0.25) is 5.67 Å². The maximum absolute atomic E-state index is 14.5. The maximum atomic E-state index is 14.5. The second-order valence-electron chi connectivity index (χ2n) is 4.26. The third kappa shape index (κ3) is 3.13. The van der Waals surface area contributed by atoms with E-state index in [9.17, 15) is 13.6 Å². The zero-order valence-corrected chi connectivity index (χ0v) is 12.1. The highest BCUT2D eigenvalue weighted by Crippen LogP contribution is 2.28. The Kier molecular flexibility index (Phi) is 4.35. The second-order valence-corrected chi connectivity index (χ2v) is 5.70. The molecule has 1 unspecified atom stereocenters. The molecule has 0 saturated heterocycles. The molecule has 20 heavy (non-hydrogen) atoms. The van der Waals surface area contributed by atoms with Crippen molar-refractivity contribution in [3.8, 4) is 0 Å². The first kappa shape index (κ1) is 14.9. The Balaban J connectivity index is 2.09. The van der Waals surface area contributed by atoms with E-state index < -0.39 is 17.4 Å². The van der Waals surface area contributed by atoms with Crippen LogP contribution in [0.1, 0.15) is 18.2 Å². The van der Waals surface area contributed by atoms with Crippen LogP contribution in [-0.4, -0.2) is 10.9 Å². The second kappa shape index (κ2) is 5.85. The predicted octanol–water partition coefficient (Wildman–Crippen LogP) is 3.44. The van der Waals surface area contributed by atoms with Gasteiger partial charge in [0.05, 0.1) is 12.2 Å². The number of amides is 1. The van der Waals surface area contributed by atoms with Gasteiger partial charge in [-0.25, -0.2) is 13.8 Å². The van der Waals surface area contributed by atoms with E-state index in [0.717, 1.165) is 13.0 Å². The first-order valence-corrected chi connectivity index (χ1v) is 6.99. The molecule has 0 bridgehead atoms. The van der Waals surface area contributed by atoms with Crippen LogP contribution in [-0.2, 0) is 17.0 Å². The van der Waals surface area contributed by atoms with E-state index in [2.05, 4.69) is 10.3 Å². The topological polar surface area (TPSA) is 42.0 Å². The van der Waals surface area contributed by atoms with Crippen molar-refractivity contribution in [1.29, 1.82) is 0 Å². The molecule has 1 aromatic heterocycles. The van der Waals surface area contributed by atoms with E-state index in [1.54, 1.807) is 5.38 Å². The third-order valence-corrected chi connectivity index (χ3v) is 3.79. The number of carbonyl (C=O) groups excluding carboxylic acids is 1. The van der Waals surface area contributed by atoms with E-state index in [1.165, 1.54) is 29.5 Å². The molecule has 1 amide bonds. The Morgan fingerprint density at radius 2 is 2.20 bits per heavy atom. The number of hydrogen-bond acceptors (Lipinski definition) is 3. The van der Waals surface area contributed by atoms with Crippen molar-refractivity contribution in [2.45, 2.75) is 19.1 Å². The van der Waals surface area contributed by atoms with Crippen LogP contribution in [0.15, 0.2) is 29.6 Å². The standard InChI is InChI=1S/C13H11ClF2N2OS/c1-13(16,9-4-2-3-5-10(9)15)11(19)17-6-8-7-20-12(14)18-8/h2-5,7H,6H2,1H3,(H,17,19). The van der Waals surface area contributed by atoms with Crippen molar-refractivity contribution in [2.75, 3.05) is 0 Å². The van der Waals surface area contributed by atoms with Gasteiger partial charge >= 0.3 is 0 Å². The zero-order chi connectivity index (χ0) is 14.8. The highest BCUT2D eigenvalue weighted by atomic mass is 35.5. The van der Waals surface area contributed by atoms with Crippen molar-refractivity contribution in [2.24, 2.45) is 0 Å². The molecule has 0 spiro atoms. The summed E-state index contributed by atoms with van der Waals surface area (Å²) in [6.07, 6.45) is 0. The number of rotatable bonds is 4. The van der Waals surface area contributed by atoms with Crippen LogP contribution in [0.2, 0.25) is 4.47 Å². The molecule has 0 radical (unpaired) electrons. The van der Waals surface area contributed by atoms with Crippen LogP contribution in [0.25, 0.3) is 0 Å². The van der Waals surface area contributed by atoms with Gasteiger partial charge in [-0.15, -0.1) is 11.3 Å². The van der Waals surface area contributed by atoms with Crippen molar-refractivity contribution >= 4 is 28.8 Å². The molecule has 106 valence electrons. The van der Waals surface area contributed by atoms with Crippen molar-refractivity contribution in [3.63, 3.8) is 0 Å². The number of nitrogens with one attached hydrogen (secondary N) is 1. The molecule has 0 aliphatic heterocycles. The molecular formula is C13H11ClF2N2OS. The summed E-state index contributed by atoms with van der Waals surface area (Å²) in [5.74, 6) is -1.68. The van der Waals surface area contributed by atoms with Gasteiger partial charge in [-0.1, -0.05) is 29.8 Å². The van der Waals surface area contributed by atoms with E-state index in [-0.39, 0.29) is 12.1 Å². The molecular weight excluding hydrogens is 306 g/mol. The number of carbonyl (C=O) groups is 1. The Hall–Kier alpha value is -1.53.